The van der Waals surface area contributed by atoms with Gasteiger partial charge in [-0.2, -0.15) is 0 Å². The average molecular weight is 561 g/mol. The highest BCUT2D eigenvalue weighted by Crippen LogP contribution is 2.23. The number of carbonyl (C=O) groups is 2. The third-order valence-corrected chi connectivity index (χ3v) is 6.58. The van der Waals surface area contributed by atoms with Gasteiger partial charge in [0.05, 0.1) is 5.69 Å². The maximum atomic E-state index is 13.2. The third kappa shape index (κ3) is 8.79. The molecular formula is C35H27ClNO4-. The number of benzene rings is 3. The molecule has 0 spiro atoms. The van der Waals surface area contributed by atoms with E-state index in [2.05, 4.69) is 23.4 Å². The fourth-order valence-corrected chi connectivity index (χ4v) is 4.33. The third-order valence-electron chi connectivity index (χ3n) is 6.21. The number of hydrogen-bond acceptors (Lipinski definition) is 5. The normalized spacial score (nSPS) is 10.6. The lowest BCUT2D eigenvalue weighted by Crippen LogP contribution is -2.24. The van der Waals surface area contributed by atoms with Crippen LogP contribution in [0.15, 0.2) is 104 Å². The summed E-state index contributed by atoms with van der Waals surface area (Å²) < 4.78 is 6.08. The Morgan fingerprint density at radius 2 is 1.73 bits per heavy atom. The molecule has 5 nitrogen and oxygen atoms in total. The second-order valence-electron chi connectivity index (χ2n) is 9.21. The maximum Gasteiger partial charge on any atom is 0.186 e. The SMILES string of the molecule is C=CC#Cc1ccccc1CCc1cc(OCc2ccccc2Cl)cc(C(=O)/C=C/c2ccc(CC(=O)[O-])cn2)c1. The van der Waals surface area contributed by atoms with Crippen LogP contribution in [0.3, 0.4) is 0 Å². The number of ketones is 1. The van der Waals surface area contributed by atoms with Crippen LogP contribution in [0.25, 0.3) is 6.08 Å². The molecule has 0 aliphatic rings. The van der Waals surface area contributed by atoms with Crippen molar-refractivity contribution in [2.24, 2.45) is 0 Å². The number of allylic oxidation sites excluding steroid dienone is 2. The number of carboxylic acid groups (broad SMARTS) is 1. The predicted molar refractivity (Wildman–Crippen MR) is 159 cm³/mol. The van der Waals surface area contributed by atoms with E-state index in [9.17, 15) is 14.7 Å². The second-order valence-corrected chi connectivity index (χ2v) is 9.62. The van der Waals surface area contributed by atoms with Gasteiger partial charge in [0.1, 0.15) is 12.4 Å². The van der Waals surface area contributed by atoms with Crippen molar-refractivity contribution in [2.75, 3.05) is 0 Å². The number of hydrogen-bond donors (Lipinski definition) is 0. The predicted octanol–water partition coefficient (Wildman–Crippen LogP) is 5.83. The Labute approximate surface area is 244 Å². The van der Waals surface area contributed by atoms with Gasteiger partial charge in [-0.1, -0.05) is 72.5 Å². The van der Waals surface area contributed by atoms with E-state index in [-0.39, 0.29) is 18.8 Å². The highest BCUT2D eigenvalue weighted by Gasteiger charge is 2.10. The minimum atomic E-state index is -1.18. The summed E-state index contributed by atoms with van der Waals surface area (Å²) in [5.41, 5.74) is 5.36. The van der Waals surface area contributed by atoms with Crippen molar-refractivity contribution in [2.45, 2.75) is 25.9 Å². The van der Waals surface area contributed by atoms with Crippen LogP contribution in [0, 0.1) is 11.8 Å². The quantitative estimate of drug-likeness (QED) is 0.131. The fraction of sp³-hybridized carbons (Fsp3) is 0.114. The summed E-state index contributed by atoms with van der Waals surface area (Å²) >= 11 is 6.31. The first-order chi connectivity index (χ1) is 19.9. The van der Waals surface area contributed by atoms with Crippen molar-refractivity contribution < 1.29 is 19.4 Å². The number of pyridine rings is 1. The number of aromatic nitrogens is 1. The van der Waals surface area contributed by atoms with Crippen molar-refractivity contribution in [3.63, 3.8) is 0 Å². The molecule has 0 atom stereocenters. The molecule has 0 aliphatic heterocycles. The maximum absolute atomic E-state index is 13.2. The van der Waals surface area contributed by atoms with Gasteiger partial charge in [-0.25, -0.2) is 0 Å². The molecule has 41 heavy (non-hydrogen) atoms. The molecule has 1 aromatic heterocycles. The molecule has 0 saturated carbocycles. The molecule has 204 valence electrons. The average Bonchev–Trinajstić information content (AvgIpc) is 2.98. The number of aryl methyl sites for hydroxylation is 2. The minimum absolute atomic E-state index is 0.215. The van der Waals surface area contributed by atoms with Crippen molar-refractivity contribution >= 4 is 29.4 Å². The lowest BCUT2D eigenvalue weighted by Gasteiger charge is -2.12. The monoisotopic (exact) mass is 560 g/mol. The number of nitrogens with zero attached hydrogens (tertiary/aromatic N) is 1. The highest BCUT2D eigenvalue weighted by molar-refractivity contribution is 6.31. The molecule has 0 N–H and O–H groups in total. The van der Waals surface area contributed by atoms with Crippen molar-refractivity contribution in [1.29, 1.82) is 0 Å². The highest BCUT2D eigenvalue weighted by atomic mass is 35.5. The van der Waals surface area contributed by atoms with E-state index in [0.29, 0.717) is 34.0 Å². The minimum Gasteiger partial charge on any atom is -0.550 e. The van der Waals surface area contributed by atoms with E-state index >= 15 is 0 Å². The second kappa shape index (κ2) is 14.5. The first-order valence-corrected chi connectivity index (χ1v) is 13.4. The summed E-state index contributed by atoms with van der Waals surface area (Å²) in [4.78, 5) is 28.2. The van der Waals surface area contributed by atoms with Gasteiger partial charge in [0.15, 0.2) is 5.78 Å². The van der Waals surface area contributed by atoms with E-state index in [1.807, 2.05) is 60.7 Å². The molecule has 0 aliphatic carbocycles. The van der Waals surface area contributed by atoms with Crippen LogP contribution in [-0.4, -0.2) is 16.7 Å². The molecule has 0 unspecified atom stereocenters. The molecule has 0 radical (unpaired) electrons. The van der Waals surface area contributed by atoms with Crippen LogP contribution in [0.4, 0.5) is 0 Å². The Morgan fingerprint density at radius 1 is 0.951 bits per heavy atom. The van der Waals surface area contributed by atoms with Gasteiger partial charge in [-0.15, -0.1) is 0 Å². The lowest BCUT2D eigenvalue weighted by molar-refractivity contribution is -0.304. The summed E-state index contributed by atoms with van der Waals surface area (Å²) in [5.74, 6) is 5.20. The van der Waals surface area contributed by atoms with Crippen molar-refractivity contribution in [3.8, 4) is 17.6 Å². The zero-order valence-corrected chi connectivity index (χ0v) is 23.1. The number of halogens is 1. The van der Waals surface area contributed by atoms with Crippen LogP contribution >= 0.6 is 11.6 Å². The molecule has 6 heteroatoms. The largest absolute Gasteiger partial charge is 0.550 e. The molecule has 4 aromatic rings. The Bertz CT molecular complexity index is 1650. The fourth-order valence-electron chi connectivity index (χ4n) is 4.14. The van der Waals surface area contributed by atoms with E-state index in [0.717, 1.165) is 28.7 Å². The summed E-state index contributed by atoms with van der Waals surface area (Å²) in [6.07, 6.45) is 7.24. The van der Waals surface area contributed by atoms with Crippen molar-refractivity contribution in [1.82, 2.24) is 4.98 Å². The molecule has 0 bridgehead atoms. The van der Waals surface area contributed by atoms with Gasteiger partial charge in [0.25, 0.3) is 0 Å². The number of rotatable bonds is 11. The van der Waals surface area contributed by atoms with E-state index in [1.165, 1.54) is 12.3 Å². The summed E-state index contributed by atoms with van der Waals surface area (Å²) in [6.45, 7) is 3.93. The first kappa shape index (κ1) is 29.1. The zero-order chi connectivity index (χ0) is 29.0. The Morgan fingerprint density at radius 3 is 2.46 bits per heavy atom. The van der Waals surface area contributed by atoms with Gasteiger partial charge in [-0.05, 0) is 84.2 Å². The zero-order valence-electron chi connectivity index (χ0n) is 22.3. The van der Waals surface area contributed by atoms with Crippen LogP contribution < -0.4 is 9.84 Å². The topological polar surface area (TPSA) is 79.3 Å². The van der Waals surface area contributed by atoms with E-state index in [4.69, 9.17) is 16.3 Å². The van der Waals surface area contributed by atoms with Gasteiger partial charge in [-0.3, -0.25) is 9.78 Å². The molecule has 4 rings (SSSR count). The molecule has 0 amide bonds. The molecule has 3 aromatic carbocycles. The standard InChI is InChI=1S/C35H28ClNO4/c1-2-3-8-27-9-4-5-10-28(27)15-13-25-19-30(22-32(20-25)41-24-29-11-6-7-12-33(29)36)34(38)18-17-31-16-14-26(23-37-31)21-35(39)40/h2,4-7,9-12,14,16-20,22-23H,1,13,15,21,24H2,(H,39,40)/p-1/b18-17+. The summed E-state index contributed by atoms with van der Waals surface area (Å²) in [5, 5.41) is 11.4. The number of carbonyl (C=O) groups excluding carboxylic acids is 2. The van der Waals surface area contributed by atoms with Gasteiger partial charge < -0.3 is 14.6 Å². The summed E-state index contributed by atoms with van der Waals surface area (Å²) in [7, 11) is 0. The smallest absolute Gasteiger partial charge is 0.186 e. The Hall–Kier alpha value is -4.92. The Balaban J connectivity index is 1.56. The molecular weight excluding hydrogens is 534 g/mol. The van der Waals surface area contributed by atoms with Crippen LogP contribution in [0.5, 0.6) is 5.75 Å². The van der Waals surface area contributed by atoms with E-state index in [1.54, 1.807) is 30.4 Å². The molecule has 0 saturated heterocycles. The van der Waals surface area contributed by atoms with Crippen LogP contribution in [0.2, 0.25) is 5.02 Å². The number of ether oxygens (including phenoxy) is 1. The molecule has 1 heterocycles. The first-order valence-electron chi connectivity index (χ1n) is 13.0. The van der Waals surface area contributed by atoms with Gasteiger partial charge >= 0.3 is 0 Å². The number of aliphatic carboxylic acids is 1. The van der Waals surface area contributed by atoms with Gasteiger partial charge in [0.2, 0.25) is 0 Å². The van der Waals surface area contributed by atoms with E-state index < -0.39 is 5.97 Å². The van der Waals surface area contributed by atoms with Crippen LogP contribution in [0.1, 0.15) is 43.9 Å². The van der Waals surface area contributed by atoms with Gasteiger partial charge in [0, 0.05) is 40.3 Å². The van der Waals surface area contributed by atoms with Crippen LogP contribution in [-0.2, 0) is 30.7 Å². The molecule has 0 fully saturated rings. The lowest BCUT2D eigenvalue weighted by atomic mass is 9.97. The van der Waals surface area contributed by atoms with Crippen molar-refractivity contribution in [3.05, 3.63) is 148 Å². The number of carboxylic acids is 1. The Kier molecular flexibility index (Phi) is 10.3. The summed E-state index contributed by atoms with van der Waals surface area (Å²) in [6, 6.07) is 24.2.